The van der Waals surface area contributed by atoms with Gasteiger partial charge in [0, 0.05) is 13.2 Å². The number of aliphatic hydroxyl groups excluding tert-OH is 1. The van der Waals surface area contributed by atoms with Gasteiger partial charge in [0.2, 0.25) is 0 Å². The van der Waals surface area contributed by atoms with Gasteiger partial charge in [-0.15, -0.1) is 0 Å². The minimum Gasteiger partial charge on any atom is -0.505 e. The third-order valence-electron chi connectivity index (χ3n) is 2.44. The number of benzene rings is 1. The summed E-state index contributed by atoms with van der Waals surface area (Å²) in [7, 11) is 1.30. The molecule has 2 atom stereocenters. The number of methoxy groups -OCH3 is 1. The summed E-state index contributed by atoms with van der Waals surface area (Å²) in [6, 6.07) is 3.39. The number of ether oxygens (including phenoxy) is 1. The van der Waals surface area contributed by atoms with Crippen LogP contribution >= 0.6 is 0 Å². The molecular formula is C12H14FNO5. The molecule has 0 fully saturated rings. The third kappa shape index (κ3) is 4.02. The van der Waals surface area contributed by atoms with Crippen LogP contribution < -0.4 is 5.48 Å². The summed E-state index contributed by atoms with van der Waals surface area (Å²) in [5.74, 6) is -2.19. The van der Waals surface area contributed by atoms with Crippen LogP contribution in [0.3, 0.4) is 0 Å². The number of phenols is 1. The molecule has 1 rings (SSSR count). The van der Waals surface area contributed by atoms with E-state index < -0.39 is 29.7 Å². The van der Waals surface area contributed by atoms with Gasteiger partial charge in [-0.2, -0.15) is 0 Å². The van der Waals surface area contributed by atoms with Crippen molar-refractivity contribution in [3.05, 3.63) is 41.7 Å². The molecule has 0 heterocycles. The summed E-state index contributed by atoms with van der Waals surface area (Å²) in [6.07, 6.45) is 0.0267. The summed E-state index contributed by atoms with van der Waals surface area (Å²) in [4.78, 5) is 10.8. The highest BCUT2D eigenvalue weighted by Crippen LogP contribution is 2.24. The Labute approximate surface area is 108 Å². The van der Waals surface area contributed by atoms with E-state index >= 15 is 0 Å². The fourth-order valence-corrected chi connectivity index (χ4v) is 1.43. The Balaban J connectivity index is 2.88. The molecule has 0 aliphatic heterocycles. The predicted octanol–water partition coefficient (Wildman–Crippen LogP) is 0.641. The molecule has 0 aliphatic rings. The molecule has 19 heavy (non-hydrogen) atoms. The Hall–Kier alpha value is -1.96. The van der Waals surface area contributed by atoms with Gasteiger partial charge in [-0.05, 0) is 23.8 Å². The summed E-state index contributed by atoms with van der Waals surface area (Å²) in [5.41, 5.74) is 1.56. The van der Waals surface area contributed by atoms with Gasteiger partial charge < -0.3 is 14.9 Å². The van der Waals surface area contributed by atoms with E-state index in [0.29, 0.717) is 0 Å². The second kappa shape index (κ2) is 6.83. The lowest BCUT2D eigenvalue weighted by molar-refractivity contribution is -0.124. The first-order valence-corrected chi connectivity index (χ1v) is 5.31. The van der Waals surface area contributed by atoms with E-state index in [9.17, 15) is 14.3 Å². The van der Waals surface area contributed by atoms with E-state index in [-0.39, 0.29) is 5.56 Å². The van der Waals surface area contributed by atoms with Gasteiger partial charge in [-0.1, -0.05) is 6.07 Å². The van der Waals surface area contributed by atoms with E-state index in [1.54, 1.807) is 0 Å². The van der Waals surface area contributed by atoms with Crippen molar-refractivity contribution in [1.29, 1.82) is 0 Å². The van der Waals surface area contributed by atoms with Gasteiger partial charge >= 0.3 is 0 Å². The lowest BCUT2D eigenvalue weighted by Gasteiger charge is -2.18. The minimum atomic E-state index is -1.23. The standard InChI is InChI=1S/C12H14FNO5/c1-19-10(4-5-11(16)14-18)12(17)7-2-3-9(15)8(13)6-7/h2-6,10,12,15,17-18H,1H3,(H,14,16)/b5-4+/t10-,12-/m1/s1. The average molecular weight is 271 g/mol. The highest BCUT2D eigenvalue weighted by atomic mass is 19.1. The van der Waals surface area contributed by atoms with Crippen LogP contribution in [0.25, 0.3) is 0 Å². The number of amides is 1. The van der Waals surface area contributed by atoms with E-state index in [0.717, 1.165) is 18.2 Å². The zero-order valence-electron chi connectivity index (χ0n) is 10.1. The number of hydroxylamine groups is 1. The fraction of sp³-hybridized carbons (Fsp3) is 0.250. The largest absolute Gasteiger partial charge is 0.505 e. The van der Waals surface area contributed by atoms with Crippen molar-refractivity contribution < 1.29 is 29.3 Å². The Kier molecular flexibility index (Phi) is 5.43. The van der Waals surface area contributed by atoms with Crippen LogP contribution in [-0.2, 0) is 9.53 Å². The van der Waals surface area contributed by atoms with Crippen LogP contribution in [0.2, 0.25) is 0 Å². The lowest BCUT2D eigenvalue weighted by atomic mass is 10.0. The van der Waals surface area contributed by atoms with Crippen molar-refractivity contribution in [3.63, 3.8) is 0 Å². The molecule has 0 radical (unpaired) electrons. The van der Waals surface area contributed by atoms with Gasteiger partial charge in [0.1, 0.15) is 12.2 Å². The molecule has 0 aliphatic carbocycles. The quantitative estimate of drug-likeness (QED) is 0.358. The van der Waals surface area contributed by atoms with Crippen molar-refractivity contribution >= 4 is 5.91 Å². The third-order valence-corrected chi connectivity index (χ3v) is 2.44. The number of rotatable bonds is 5. The second-order valence-corrected chi connectivity index (χ2v) is 3.69. The van der Waals surface area contributed by atoms with Crippen molar-refractivity contribution in [2.75, 3.05) is 7.11 Å². The van der Waals surface area contributed by atoms with Crippen molar-refractivity contribution in [2.45, 2.75) is 12.2 Å². The zero-order valence-corrected chi connectivity index (χ0v) is 10.1. The molecule has 0 bridgehead atoms. The molecule has 7 heteroatoms. The molecule has 6 nitrogen and oxygen atoms in total. The number of hydrogen-bond acceptors (Lipinski definition) is 5. The van der Waals surface area contributed by atoms with Crippen molar-refractivity contribution in [1.82, 2.24) is 5.48 Å². The molecule has 0 aromatic heterocycles. The first-order valence-electron chi connectivity index (χ1n) is 5.31. The number of aromatic hydroxyl groups is 1. The van der Waals surface area contributed by atoms with Crippen LogP contribution in [0.1, 0.15) is 11.7 Å². The van der Waals surface area contributed by atoms with Gasteiger partial charge in [0.05, 0.1) is 0 Å². The minimum absolute atomic E-state index is 0.177. The predicted molar refractivity (Wildman–Crippen MR) is 62.9 cm³/mol. The highest BCUT2D eigenvalue weighted by molar-refractivity contribution is 5.86. The van der Waals surface area contributed by atoms with Crippen LogP contribution in [-0.4, -0.2) is 34.5 Å². The SMILES string of the molecule is CO[C@H](/C=C/C(=O)NO)[C@H](O)c1ccc(O)c(F)c1. The number of phenolic OH excluding ortho intramolecular Hbond substituents is 1. The molecule has 1 aromatic rings. The monoisotopic (exact) mass is 271 g/mol. The van der Waals surface area contributed by atoms with Crippen molar-refractivity contribution in [2.24, 2.45) is 0 Å². The van der Waals surface area contributed by atoms with Crippen LogP contribution in [0.5, 0.6) is 5.75 Å². The first-order chi connectivity index (χ1) is 8.99. The molecular weight excluding hydrogens is 257 g/mol. The van der Waals surface area contributed by atoms with E-state index in [2.05, 4.69) is 0 Å². The Morgan fingerprint density at radius 1 is 1.53 bits per heavy atom. The van der Waals surface area contributed by atoms with Gasteiger partial charge in [-0.25, -0.2) is 9.87 Å². The van der Waals surface area contributed by atoms with Gasteiger partial charge in [0.15, 0.2) is 11.6 Å². The fourth-order valence-electron chi connectivity index (χ4n) is 1.43. The molecule has 1 amide bonds. The molecule has 4 N–H and O–H groups in total. The van der Waals surface area contributed by atoms with Crippen LogP contribution in [0, 0.1) is 5.82 Å². The maximum Gasteiger partial charge on any atom is 0.267 e. The Morgan fingerprint density at radius 3 is 2.74 bits per heavy atom. The topological polar surface area (TPSA) is 99.0 Å². The molecule has 104 valence electrons. The van der Waals surface area contributed by atoms with E-state index in [4.69, 9.17) is 15.1 Å². The van der Waals surface area contributed by atoms with Crippen LogP contribution in [0.4, 0.5) is 4.39 Å². The second-order valence-electron chi connectivity index (χ2n) is 3.69. The Bertz CT molecular complexity index is 477. The lowest BCUT2D eigenvalue weighted by Crippen LogP contribution is -2.21. The van der Waals surface area contributed by atoms with E-state index in [1.807, 2.05) is 0 Å². The number of hydrogen-bond donors (Lipinski definition) is 4. The smallest absolute Gasteiger partial charge is 0.267 e. The number of carbonyl (C=O) groups excluding carboxylic acids is 1. The van der Waals surface area contributed by atoms with Crippen LogP contribution in [0.15, 0.2) is 30.4 Å². The van der Waals surface area contributed by atoms with Gasteiger partial charge in [-0.3, -0.25) is 10.0 Å². The average Bonchev–Trinajstić information content (AvgIpc) is 2.41. The van der Waals surface area contributed by atoms with Crippen molar-refractivity contribution in [3.8, 4) is 5.75 Å². The molecule has 0 saturated carbocycles. The number of carbonyl (C=O) groups is 1. The number of halogens is 1. The highest BCUT2D eigenvalue weighted by Gasteiger charge is 2.19. The molecule has 0 spiro atoms. The maximum absolute atomic E-state index is 13.2. The molecule has 1 aromatic carbocycles. The summed E-state index contributed by atoms with van der Waals surface area (Å²) in [6.45, 7) is 0. The van der Waals surface area contributed by atoms with E-state index in [1.165, 1.54) is 24.7 Å². The maximum atomic E-state index is 13.2. The summed E-state index contributed by atoms with van der Waals surface area (Å²) in [5, 5.41) is 27.3. The summed E-state index contributed by atoms with van der Waals surface area (Å²) < 4.78 is 18.1. The molecule has 0 saturated heterocycles. The number of nitrogens with one attached hydrogen (secondary N) is 1. The summed E-state index contributed by atoms with van der Waals surface area (Å²) >= 11 is 0. The normalized spacial score (nSPS) is 14.3. The molecule has 0 unspecified atom stereocenters. The Morgan fingerprint density at radius 2 is 2.21 bits per heavy atom. The number of aliphatic hydroxyl groups is 1. The zero-order chi connectivity index (χ0) is 14.4. The van der Waals surface area contributed by atoms with Gasteiger partial charge in [0.25, 0.3) is 5.91 Å². The first kappa shape index (κ1) is 15.1.